The molecule has 0 spiro atoms. The van der Waals surface area contributed by atoms with E-state index in [9.17, 15) is 0 Å². The molecule has 1 aromatic heterocycles. The Morgan fingerprint density at radius 3 is 3.00 bits per heavy atom. The van der Waals surface area contributed by atoms with Crippen LogP contribution in [0.4, 0.5) is 0 Å². The first-order valence-corrected chi connectivity index (χ1v) is 8.02. The Bertz CT molecular complexity index is 605. The predicted octanol–water partition coefficient (Wildman–Crippen LogP) is 3.74. The quantitative estimate of drug-likeness (QED) is 0.803. The molecule has 2 heterocycles. The van der Waals surface area contributed by atoms with Crippen LogP contribution in [0.25, 0.3) is 11.0 Å². The molecule has 20 heavy (non-hydrogen) atoms. The molecule has 1 aliphatic heterocycles. The number of halogens is 1. The average Bonchev–Trinajstić information content (AvgIpc) is 2.85. The van der Waals surface area contributed by atoms with Gasteiger partial charge in [-0.05, 0) is 50.6 Å². The SMILES string of the molecule is CCN1CCCC(n2c(CCl)nc3ccc(C)cc32)C1. The number of fused-ring (bicyclic) bond motifs is 1. The van der Waals surface area contributed by atoms with Gasteiger partial charge in [-0.25, -0.2) is 4.98 Å². The van der Waals surface area contributed by atoms with Gasteiger partial charge in [0.2, 0.25) is 0 Å². The standard InChI is InChI=1S/C16H22ClN3/c1-3-19-8-4-5-13(11-19)20-15-9-12(2)6-7-14(15)18-16(20)10-17/h6-7,9,13H,3-5,8,10-11H2,1-2H3. The summed E-state index contributed by atoms with van der Waals surface area (Å²) in [6, 6.07) is 6.97. The molecule has 1 aromatic carbocycles. The number of hydrogen-bond donors (Lipinski definition) is 0. The molecule has 0 saturated carbocycles. The maximum Gasteiger partial charge on any atom is 0.125 e. The van der Waals surface area contributed by atoms with E-state index in [0.29, 0.717) is 11.9 Å². The summed E-state index contributed by atoms with van der Waals surface area (Å²) in [5.74, 6) is 1.49. The number of benzene rings is 1. The second kappa shape index (κ2) is 5.74. The third-order valence-corrected chi connectivity index (χ3v) is 4.57. The van der Waals surface area contributed by atoms with E-state index in [2.05, 4.69) is 41.5 Å². The second-order valence-corrected chi connectivity index (χ2v) is 5.98. The highest BCUT2D eigenvalue weighted by Gasteiger charge is 2.24. The van der Waals surface area contributed by atoms with Crippen molar-refractivity contribution in [3.63, 3.8) is 0 Å². The van der Waals surface area contributed by atoms with Gasteiger partial charge in [0.05, 0.1) is 16.9 Å². The first-order chi connectivity index (χ1) is 9.72. The van der Waals surface area contributed by atoms with Crippen molar-refractivity contribution in [2.45, 2.75) is 38.6 Å². The van der Waals surface area contributed by atoms with Gasteiger partial charge in [-0.2, -0.15) is 0 Å². The van der Waals surface area contributed by atoms with Crippen LogP contribution in [-0.4, -0.2) is 34.1 Å². The highest BCUT2D eigenvalue weighted by Crippen LogP contribution is 2.29. The van der Waals surface area contributed by atoms with Crippen LogP contribution in [0.15, 0.2) is 18.2 Å². The summed E-state index contributed by atoms with van der Waals surface area (Å²) in [5, 5.41) is 0. The maximum absolute atomic E-state index is 6.14. The van der Waals surface area contributed by atoms with Gasteiger partial charge in [0, 0.05) is 12.6 Å². The van der Waals surface area contributed by atoms with E-state index >= 15 is 0 Å². The molecule has 1 aliphatic rings. The lowest BCUT2D eigenvalue weighted by molar-refractivity contribution is 0.186. The maximum atomic E-state index is 6.14. The highest BCUT2D eigenvalue weighted by atomic mass is 35.5. The molecule has 1 saturated heterocycles. The topological polar surface area (TPSA) is 21.1 Å². The summed E-state index contributed by atoms with van der Waals surface area (Å²) in [5.41, 5.74) is 3.59. The van der Waals surface area contributed by atoms with Crippen LogP contribution >= 0.6 is 11.6 Å². The normalized spacial score (nSPS) is 20.6. The van der Waals surface area contributed by atoms with Crippen LogP contribution in [-0.2, 0) is 5.88 Å². The number of aromatic nitrogens is 2. The summed E-state index contributed by atoms with van der Waals surface area (Å²) >= 11 is 6.14. The zero-order chi connectivity index (χ0) is 14.1. The number of piperidine rings is 1. The first-order valence-electron chi connectivity index (χ1n) is 7.48. The molecule has 0 amide bonds. The van der Waals surface area contributed by atoms with Gasteiger partial charge in [0.1, 0.15) is 5.82 Å². The number of rotatable bonds is 3. The smallest absolute Gasteiger partial charge is 0.125 e. The Morgan fingerprint density at radius 2 is 2.25 bits per heavy atom. The molecule has 0 aliphatic carbocycles. The summed E-state index contributed by atoms with van der Waals surface area (Å²) in [6.45, 7) is 7.82. The van der Waals surface area contributed by atoms with Crippen LogP contribution in [0.1, 0.15) is 37.2 Å². The fourth-order valence-corrected chi connectivity index (χ4v) is 3.47. The third-order valence-electron chi connectivity index (χ3n) is 4.33. The van der Waals surface area contributed by atoms with Gasteiger partial charge in [-0.15, -0.1) is 11.6 Å². The number of likely N-dealkylation sites (N-methyl/N-ethyl adjacent to an activating group) is 1. The van der Waals surface area contributed by atoms with E-state index in [4.69, 9.17) is 16.6 Å². The molecular formula is C16H22ClN3. The molecule has 108 valence electrons. The van der Waals surface area contributed by atoms with Gasteiger partial charge >= 0.3 is 0 Å². The van der Waals surface area contributed by atoms with Gasteiger partial charge in [-0.3, -0.25) is 0 Å². The Balaban J connectivity index is 2.06. The fraction of sp³-hybridized carbons (Fsp3) is 0.562. The van der Waals surface area contributed by atoms with Crippen molar-refractivity contribution in [2.75, 3.05) is 19.6 Å². The molecule has 0 N–H and O–H groups in total. The molecule has 0 bridgehead atoms. The van der Waals surface area contributed by atoms with Crippen LogP contribution in [0.2, 0.25) is 0 Å². The second-order valence-electron chi connectivity index (χ2n) is 5.71. The lowest BCUT2D eigenvalue weighted by atomic mass is 10.0. The van der Waals surface area contributed by atoms with Crippen molar-refractivity contribution in [2.24, 2.45) is 0 Å². The van der Waals surface area contributed by atoms with Crippen molar-refractivity contribution >= 4 is 22.6 Å². The minimum Gasteiger partial charge on any atom is -0.323 e. The molecule has 0 radical (unpaired) electrons. The highest BCUT2D eigenvalue weighted by molar-refractivity contribution is 6.16. The fourth-order valence-electron chi connectivity index (χ4n) is 3.28. The third kappa shape index (κ3) is 2.45. The number of nitrogens with zero attached hydrogens (tertiary/aromatic N) is 3. The number of likely N-dealkylation sites (tertiary alicyclic amines) is 1. The molecule has 1 fully saturated rings. The Labute approximate surface area is 125 Å². The van der Waals surface area contributed by atoms with Gasteiger partial charge in [-0.1, -0.05) is 13.0 Å². The minimum atomic E-state index is 0.482. The lowest BCUT2D eigenvalue weighted by Crippen LogP contribution is -2.36. The van der Waals surface area contributed by atoms with E-state index in [-0.39, 0.29) is 0 Å². The number of aryl methyl sites for hydroxylation is 1. The van der Waals surface area contributed by atoms with E-state index in [1.165, 1.54) is 30.5 Å². The summed E-state index contributed by atoms with van der Waals surface area (Å²) in [4.78, 5) is 7.23. The average molecular weight is 292 g/mol. The number of hydrogen-bond acceptors (Lipinski definition) is 2. The van der Waals surface area contributed by atoms with Gasteiger partial charge in [0.15, 0.2) is 0 Å². The Kier molecular flexibility index (Phi) is 3.99. The zero-order valence-corrected chi connectivity index (χ0v) is 13.0. The van der Waals surface area contributed by atoms with Crippen LogP contribution < -0.4 is 0 Å². The van der Waals surface area contributed by atoms with Crippen molar-refractivity contribution < 1.29 is 0 Å². The predicted molar refractivity (Wildman–Crippen MR) is 84.4 cm³/mol. The minimum absolute atomic E-state index is 0.482. The Hall–Kier alpha value is -1.06. The van der Waals surface area contributed by atoms with Gasteiger partial charge in [0.25, 0.3) is 0 Å². The molecule has 2 aromatic rings. The number of imidazole rings is 1. The summed E-state index contributed by atoms with van der Waals surface area (Å²) < 4.78 is 2.39. The first kappa shape index (κ1) is 13.9. The number of alkyl halides is 1. The van der Waals surface area contributed by atoms with E-state index in [1.54, 1.807) is 0 Å². The van der Waals surface area contributed by atoms with Crippen molar-refractivity contribution in [1.29, 1.82) is 0 Å². The summed E-state index contributed by atoms with van der Waals surface area (Å²) in [6.07, 6.45) is 2.48. The molecular weight excluding hydrogens is 270 g/mol. The lowest BCUT2D eigenvalue weighted by Gasteiger charge is -2.33. The van der Waals surface area contributed by atoms with E-state index in [0.717, 1.165) is 24.4 Å². The summed E-state index contributed by atoms with van der Waals surface area (Å²) in [7, 11) is 0. The molecule has 3 rings (SSSR count). The molecule has 4 heteroatoms. The van der Waals surface area contributed by atoms with Gasteiger partial charge < -0.3 is 9.47 Å². The Morgan fingerprint density at radius 1 is 1.40 bits per heavy atom. The molecule has 1 unspecified atom stereocenters. The van der Waals surface area contributed by atoms with Crippen LogP contribution in [0.5, 0.6) is 0 Å². The van der Waals surface area contributed by atoms with Crippen molar-refractivity contribution in [3.8, 4) is 0 Å². The molecule has 1 atom stereocenters. The van der Waals surface area contributed by atoms with E-state index in [1.807, 2.05) is 0 Å². The van der Waals surface area contributed by atoms with Crippen molar-refractivity contribution in [1.82, 2.24) is 14.5 Å². The molecule has 3 nitrogen and oxygen atoms in total. The van der Waals surface area contributed by atoms with Crippen LogP contribution in [0.3, 0.4) is 0 Å². The van der Waals surface area contributed by atoms with Crippen LogP contribution in [0, 0.1) is 6.92 Å². The van der Waals surface area contributed by atoms with Crippen molar-refractivity contribution in [3.05, 3.63) is 29.6 Å². The zero-order valence-electron chi connectivity index (χ0n) is 12.3. The van der Waals surface area contributed by atoms with E-state index < -0.39 is 0 Å². The monoisotopic (exact) mass is 291 g/mol. The largest absolute Gasteiger partial charge is 0.323 e.